The summed E-state index contributed by atoms with van der Waals surface area (Å²) in [6.45, 7) is 3.38. The maximum Gasteiger partial charge on any atom is 0.182 e. The molecule has 0 radical (unpaired) electrons. The molecule has 0 atom stereocenters. The van der Waals surface area contributed by atoms with Crippen LogP contribution in [-0.4, -0.2) is 11.5 Å². The summed E-state index contributed by atoms with van der Waals surface area (Å²) in [6, 6.07) is 5.54. The second-order valence-electron chi connectivity index (χ2n) is 3.53. The average Bonchev–Trinajstić information content (AvgIpc) is 2.79. The van der Waals surface area contributed by atoms with Gasteiger partial charge < -0.3 is 10.1 Å². The van der Waals surface area contributed by atoms with Crippen LogP contribution in [0.1, 0.15) is 11.8 Å². The zero-order valence-corrected chi connectivity index (χ0v) is 12.9. The Morgan fingerprint density at radius 3 is 3.11 bits per heavy atom. The Kier molecular flexibility index (Phi) is 4.86. The second-order valence-corrected chi connectivity index (χ2v) is 5.96. The van der Waals surface area contributed by atoms with Crippen LogP contribution in [0.3, 0.4) is 0 Å². The fraction of sp³-hybridized carbons (Fsp3) is 0.250. The molecular weight excluding hydrogens is 336 g/mol. The van der Waals surface area contributed by atoms with Crippen LogP contribution in [0.2, 0.25) is 5.02 Å². The Morgan fingerprint density at radius 2 is 2.33 bits per heavy atom. The fourth-order valence-electron chi connectivity index (χ4n) is 1.34. The predicted molar refractivity (Wildman–Crippen MR) is 79.8 cm³/mol. The molecule has 0 amide bonds. The van der Waals surface area contributed by atoms with Gasteiger partial charge in [0.25, 0.3) is 0 Å². The van der Waals surface area contributed by atoms with Crippen LogP contribution in [0, 0.1) is 0 Å². The van der Waals surface area contributed by atoms with Gasteiger partial charge in [0.2, 0.25) is 0 Å². The molecule has 96 valence electrons. The number of hydrogen-bond donors (Lipinski definition) is 1. The number of benzene rings is 1. The van der Waals surface area contributed by atoms with Crippen LogP contribution in [0.15, 0.2) is 28.9 Å². The molecule has 3 nitrogen and oxygen atoms in total. The molecular formula is C12H12BrClN2OS. The summed E-state index contributed by atoms with van der Waals surface area (Å²) in [5.41, 5.74) is 0. The highest BCUT2D eigenvalue weighted by molar-refractivity contribution is 9.10. The highest BCUT2D eigenvalue weighted by Crippen LogP contribution is 2.29. The number of thiazole rings is 1. The molecule has 0 aliphatic rings. The number of anilines is 1. The Bertz CT molecular complexity index is 533. The summed E-state index contributed by atoms with van der Waals surface area (Å²) in [7, 11) is 0. The van der Waals surface area contributed by atoms with Crippen molar-refractivity contribution in [3.8, 4) is 5.75 Å². The van der Waals surface area contributed by atoms with Crippen LogP contribution in [-0.2, 0) is 6.61 Å². The van der Waals surface area contributed by atoms with Gasteiger partial charge in [0.05, 0.1) is 9.90 Å². The summed E-state index contributed by atoms with van der Waals surface area (Å²) >= 11 is 11.0. The van der Waals surface area contributed by atoms with Crippen LogP contribution in [0.5, 0.6) is 5.75 Å². The van der Waals surface area contributed by atoms with E-state index in [0.29, 0.717) is 17.4 Å². The summed E-state index contributed by atoms with van der Waals surface area (Å²) in [4.78, 5) is 5.30. The molecule has 0 spiro atoms. The first-order valence-electron chi connectivity index (χ1n) is 5.45. The lowest BCUT2D eigenvalue weighted by molar-refractivity contribution is 0.309. The summed E-state index contributed by atoms with van der Waals surface area (Å²) in [5.74, 6) is 0.671. The summed E-state index contributed by atoms with van der Waals surface area (Å²) in [5, 5.41) is 4.68. The van der Waals surface area contributed by atoms with E-state index in [1.807, 2.05) is 25.3 Å². The van der Waals surface area contributed by atoms with Crippen molar-refractivity contribution in [1.29, 1.82) is 0 Å². The van der Waals surface area contributed by atoms with Gasteiger partial charge in [0.15, 0.2) is 5.13 Å². The van der Waals surface area contributed by atoms with E-state index < -0.39 is 0 Å². The maximum atomic E-state index is 6.05. The lowest BCUT2D eigenvalue weighted by atomic mass is 10.3. The molecule has 2 aromatic rings. The largest absolute Gasteiger partial charge is 0.486 e. The molecule has 0 aliphatic carbocycles. The van der Waals surface area contributed by atoms with E-state index in [0.717, 1.165) is 21.0 Å². The third-order valence-electron chi connectivity index (χ3n) is 2.14. The molecule has 1 aromatic heterocycles. The molecule has 2 rings (SSSR count). The molecule has 0 saturated carbocycles. The number of hydrogen-bond acceptors (Lipinski definition) is 4. The first kappa shape index (κ1) is 13.6. The normalized spacial score (nSPS) is 10.4. The Balaban J connectivity index is 1.99. The number of rotatable bonds is 5. The van der Waals surface area contributed by atoms with Crippen molar-refractivity contribution in [1.82, 2.24) is 4.98 Å². The van der Waals surface area contributed by atoms with Gasteiger partial charge in [-0.25, -0.2) is 4.98 Å². The SMILES string of the molecule is CCNc1ncc(COc2cc(Br)ccc2Cl)s1. The van der Waals surface area contributed by atoms with Crippen molar-refractivity contribution in [3.63, 3.8) is 0 Å². The van der Waals surface area contributed by atoms with E-state index >= 15 is 0 Å². The Hall–Kier alpha value is -0.780. The molecule has 0 bridgehead atoms. The van der Waals surface area contributed by atoms with E-state index in [4.69, 9.17) is 16.3 Å². The molecule has 1 heterocycles. The minimum Gasteiger partial charge on any atom is -0.486 e. The van der Waals surface area contributed by atoms with Crippen molar-refractivity contribution < 1.29 is 4.74 Å². The monoisotopic (exact) mass is 346 g/mol. The lowest BCUT2D eigenvalue weighted by Gasteiger charge is -2.06. The zero-order chi connectivity index (χ0) is 13.0. The van der Waals surface area contributed by atoms with Gasteiger partial charge >= 0.3 is 0 Å². The van der Waals surface area contributed by atoms with Gasteiger partial charge in [-0.2, -0.15) is 0 Å². The van der Waals surface area contributed by atoms with E-state index in [1.54, 1.807) is 17.4 Å². The van der Waals surface area contributed by atoms with Crippen LogP contribution in [0.25, 0.3) is 0 Å². The molecule has 0 fully saturated rings. The van der Waals surface area contributed by atoms with Crippen molar-refractivity contribution in [2.75, 3.05) is 11.9 Å². The quantitative estimate of drug-likeness (QED) is 0.860. The Labute approximate surface area is 123 Å². The van der Waals surface area contributed by atoms with Crippen LogP contribution in [0.4, 0.5) is 5.13 Å². The van der Waals surface area contributed by atoms with Crippen molar-refractivity contribution in [2.24, 2.45) is 0 Å². The molecule has 1 N–H and O–H groups in total. The summed E-state index contributed by atoms with van der Waals surface area (Å²) < 4.78 is 6.62. The predicted octanol–water partition coefficient (Wildman–Crippen LogP) is 4.57. The van der Waals surface area contributed by atoms with Crippen molar-refractivity contribution >= 4 is 44.0 Å². The minimum atomic E-state index is 0.471. The van der Waals surface area contributed by atoms with Crippen LogP contribution < -0.4 is 10.1 Å². The molecule has 18 heavy (non-hydrogen) atoms. The molecule has 1 aromatic carbocycles. The van der Waals surface area contributed by atoms with Gasteiger partial charge in [0, 0.05) is 17.2 Å². The van der Waals surface area contributed by atoms with E-state index in [1.165, 1.54) is 0 Å². The molecule has 6 heteroatoms. The Morgan fingerprint density at radius 1 is 1.50 bits per heavy atom. The van der Waals surface area contributed by atoms with Gasteiger partial charge in [-0.1, -0.05) is 38.9 Å². The smallest absolute Gasteiger partial charge is 0.182 e. The van der Waals surface area contributed by atoms with Gasteiger partial charge in [-0.3, -0.25) is 0 Å². The van der Waals surface area contributed by atoms with E-state index in [2.05, 4.69) is 26.2 Å². The maximum absolute atomic E-state index is 6.05. The molecule has 0 unspecified atom stereocenters. The first-order valence-corrected chi connectivity index (χ1v) is 7.44. The molecule has 0 saturated heterocycles. The second kappa shape index (κ2) is 6.41. The van der Waals surface area contributed by atoms with Gasteiger partial charge in [-0.05, 0) is 25.1 Å². The third kappa shape index (κ3) is 3.60. The lowest BCUT2D eigenvalue weighted by Crippen LogP contribution is -1.94. The zero-order valence-electron chi connectivity index (χ0n) is 9.74. The standard InChI is InChI=1S/C12H12BrClN2OS/c1-2-15-12-16-6-9(18-12)7-17-11-5-8(13)3-4-10(11)14/h3-6H,2,7H2,1H3,(H,15,16). The first-order chi connectivity index (χ1) is 8.69. The minimum absolute atomic E-state index is 0.471. The highest BCUT2D eigenvalue weighted by atomic mass is 79.9. The number of ether oxygens (including phenoxy) is 1. The highest BCUT2D eigenvalue weighted by Gasteiger charge is 2.05. The summed E-state index contributed by atoms with van der Waals surface area (Å²) in [6.07, 6.45) is 1.81. The van der Waals surface area contributed by atoms with Gasteiger partial charge in [0.1, 0.15) is 12.4 Å². The van der Waals surface area contributed by atoms with Crippen LogP contribution >= 0.6 is 38.9 Å². The number of nitrogens with one attached hydrogen (secondary N) is 1. The topological polar surface area (TPSA) is 34.2 Å². The fourth-order valence-corrected chi connectivity index (χ4v) is 2.65. The van der Waals surface area contributed by atoms with E-state index in [-0.39, 0.29) is 0 Å². The average molecular weight is 348 g/mol. The van der Waals surface area contributed by atoms with Crippen molar-refractivity contribution in [3.05, 3.63) is 38.8 Å². The molecule has 0 aliphatic heterocycles. The van der Waals surface area contributed by atoms with E-state index in [9.17, 15) is 0 Å². The third-order valence-corrected chi connectivity index (χ3v) is 3.88. The number of aromatic nitrogens is 1. The van der Waals surface area contributed by atoms with Gasteiger partial charge in [-0.15, -0.1) is 0 Å². The number of nitrogens with zero attached hydrogens (tertiary/aromatic N) is 1. The van der Waals surface area contributed by atoms with Crippen molar-refractivity contribution in [2.45, 2.75) is 13.5 Å². The number of halogens is 2.